The first-order chi connectivity index (χ1) is 7.25. The van der Waals surface area contributed by atoms with Crippen LogP contribution in [0.5, 0.6) is 0 Å². The van der Waals surface area contributed by atoms with Crippen LogP contribution >= 0.6 is 11.8 Å². The summed E-state index contributed by atoms with van der Waals surface area (Å²) in [5.41, 5.74) is 6.48. The summed E-state index contributed by atoms with van der Waals surface area (Å²) in [6.07, 6.45) is 6.65. The van der Waals surface area contributed by atoms with Crippen molar-refractivity contribution in [3.63, 3.8) is 0 Å². The second kappa shape index (κ2) is 4.22. The molecule has 15 heavy (non-hydrogen) atoms. The Bertz CT molecular complexity index is 459. The summed E-state index contributed by atoms with van der Waals surface area (Å²) in [6.45, 7) is 1.93. The van der Waals surface area contributed by atoms with Crippen LogP contribution in [0, 0.1) is 6.92 Å². The number of nitrogen functional groups attached to an aromatic ring is 1. The van der Waals surface area contributed by atoms with Gasteiger partial charge in [-0.3, -0.25) is 4.98 Å². The number of anilines is 1. The lowest BCUT2D eigenvalue weighted by Gasteiger charge is -2.03. The van der Waals surface area contributed by atoms with Gasteiger partial charge in [0.1, 0.15) is 10.1 Å². The van der Waals surface area contributed by atoms with Gasteiger partial charge in [0.15, 0.2) is 0 Å². The van der Waals surface area contributed by atoms with E-state index in [1.807, 2.05) is 6.92 Å². The molecule has 2 aromatic rings. The van der Waals surface area contributed by atoms with E-state index < -0.39 is 0 Å². The molecule has 0 saturated carbocycles. The maximum Gasteiger partial charge on any atom is 0.221 e. The molecule has 5 nitrogen and oxygen atoms in total. The quantitative estimate of drug-likeness (QED) is 0.767. The van der Waals surface area contributed by atoms with Crippen LogP contribution in [0.1, 0.15) is 5.56 Å². The fraction of sp³-hybridized carbons (Fsp3) is 0.111. The molecule has 76 valence electrons. The predicted octanol–water partition coefficient (Wildman–Crippen LogP) is 1.31. The molecule has 0 atom stereocenters. The maximum absolute atomic E-state index is 5.51. The van der Waals surface area contributed by atoms with Gasteiger partial charge in [-0.2, -0.15) is 0 Å². The number of rotatable bonds is 2. The highest BCUT2D eigenvalue weighted by molar-refractivity contribution is 7.99. The van der Waals surface area contributed by atoms with Crippen LogP contribution in [-0.2, 0) is 0 Å². The minimum Gasteiger partial charge on any atom is -0.368 e. The molecule has 2 heterocycles. The van der Waals surface area contributed by atoms with Gasteiger partial charge in [0.25, 0.3) is 0 Å². The summed E-state index contributed by atoms with van der Waals surface area (Å²) in [6, 6.07) is 0. The lowest BCUT2D eigenvalue weighted by atomic mass is 10.4. The molecule has 0 radical (unpaired) electrons. The summed E-state index contributed by atoms with van der Waals surface area (Å²) >= 11 is 1.42. The predicted molar refractivity (Wildman–Crippen MR) is 57.3 cm³/mol. The van der Waals surface area contributed by atoms with Crippen molar-refractivity contribution in [2.75, 3.05) is 5.73 Å². The largest absolute Gasteiger partial charge is 0.368 e. The Morgan fingerprint density at radius 2 is 2.07 bits per heavy atom. The van der Waals surface area contributed by atoms with Gasteiger partial charge in [-0.15, -0.1) is 0 Å². The Labute approximate surface area is 91.2 Å². The summed E-state index contributed by atoms with van der Waals surface area (Å²) < 4.78 is 0. The van der Waals surface area contributed by atoms with Gasteiger partial charge in [-0.05, 0) is 18.7 Å². The van der Waals surface area contributed by atoms with Gasteiger partial charge in [-0.25, -0.2) is 15.0 Å². The van der Waals surface area contributed by atoms with Crippen molar-refractivity contribution in [3.05, 3.63) is 30.4 Å². The van der Waals surface area contributed by atoms with Crippen LogP contribution in [0.3, 0.4) is 0 Å². The molecule has 0 amide bonds. The second-order valence-electron chi connectivity index (χ2n) is 2.86. The fourth-order valence-electron chi connectivity index (χ4n) is 0.980. The van der Waals surface area contributed by atoms with E-state index in [1.165, 1.54) is 11.8 Å². The topological polar surface area (TPSA) is 77.6 Å². The lowest BCUT2D eigenvalue weighted by molar-refractivity contribution is 1.00. The van der Waals surface area contributed by atoms with E-state index in [1.54, 1.807) is 24.8 Å². The molecule has 0 spiro atoms. The van der Waals surface area contributed by atoms with Crippen LogP contribution in [0.15, 0.2) is 34.8 Å². The molecule has 0 unspecified atom stereocenters. The van der Waals surface area contributed by atoms with E-state index in [0.29, 0.717) is 0 Å². The van der Waals surface area contributed by atoms with Gasteiger partial charge in [-0.1, -0.05) is 0 Å². The molecule has 0 fully saturated rings. The average molecular weight is 219 g/mol. The van der Waals surface area contributed by atoms with Crippen LogP contribution in [0.25, 0.3) is 0 Å². The molecular weight excluding hydrogens is 210 g/mol. The van der Waals surface area contributed by atoms with Crippen molar-refractivity contribution in [3.8, 4) is 0 Å². The average Bonchev–Trinajstić information content (AvgIpc) is 2.25. The van der Waals surface area contributed by atoms with Crippen LogP contribution in [-0.4, -0.2) is 19.9 Å². The standard InChI is InChI=1S/C9H9N5S/c1-6-4-13-9(10)14-8(6)15-7-5-11-2-3-12-7/h2-5H,1H3,(H2,10,13,14). The van der Waals surface area contributed by atoms with Crippen LogP contribution in [0.2, 0.25) is 0 Å². The number of nitrogens with zero attached hydrogens (tertiary/aromatic N) is 4. The Kier molecular flexibility index (Phi) is 2.77. The molecule has 0 saturated heterocycles. The van der Waals surface area contributed by atoms with Gasteiger partial charge < -0.3 is 5.73 Å². The number of aromatic nitrogens is 4. The van der Waals surface area contributed by atoms with E-state index in [4.69, 9.17) is 5.73 Å². The highest BCUT2D eigenvalue weighted by atomic mass is 32.2. The minimum absolute atomic E-state index is 0.270. The molecular formula is C9H9N5S. The molecule has 2 aromatic heterocycles. The van der Waals surface area contributed by atoms with E-state index in [-0.39, 0.29) is 5.95 Å². The molecule has 0 aliphatic rings. The number of nitrogens with two attached hydrogens (primary N) is 1. The fourth-order valence-corrected chi connectivity index (χ4v) is 1.76. The molecule has 6 heteroatoms. The summed E-state index contributed by atoms with van der Waals surface area (Å²) in [7, 11) is 0. The molecule has 0 aromatic carbocycles. The Morgan fingerprint density at radius 1 is 1.20 bits per heavy atom. The molecule has 2 rings (SSSR count). The highest BCUT2D eigenvalue weighted by Gasteiger charge is 2.04. The van der Waals surface area contributed by atoms with Crippen molar-refractivity contribution >= 4 is 17.7 Å². The minimum atomic E-state index is 0.270. The molecule has 2 N–H and O–H groups in total. The van der Waals surface area contributed by atoms with E-state index in [9.17, 15) is 0 Å². The van der Waals surface area contributed by atoms with Gasteiger partial charge in [0.2, 0.25) is 5.95 Å². The first-order valence-corrected chi connectivity index (χ1v) is 5.10. The summed E-state index contributed by atoms with van der Waals surface area (Å²) in [5, 5.41) is 1.60. The monoisotopic (exact) mass is 219 g/mol. The van der Waals surface area contributed by atoms with Gasteiger partial charge in [0, 0.05) is 24.2 Å². The second-order valence-corrected chi connectivity index (χ2v) is 3.87. The SMILES string of the molecule is Cc1cnc(N)nc1Sc1cnccn1. The van der Waals surface area contributed by atoms with Crippen LogP contribution < -0.4 is 5.73 Å². The normalized spacial score (nSPS) is 10.2. The zero-order valence-corrected chi connectivity index (χ0v) is 8.90. The van der Waals surface area contributed by atoms with Crippen molar-refractivity contribution in [1.82, 2.24) is 19.9 Å². The third-order valence-electron chi connectivity index (χ3n) is 1.68. The highest BCUT2D eigenvalue weighted by Crippen LogP contribution is 2.25. The van der Waals surface area contributed by atoms with E-state index in [2.05, 4.69) is 19.9 Å². The Balaban J connectivity index is 2.28. The molecule has 0 aliphatic heterocycles. The van der Waals surface area contributed by atoms with Crippen LogP contribution in [0.4, 0.5) is 5.95 Å². The molecule has 0 bridgehead atoms. The van der Waals surface area contributed by atoms with Gasteiger partial charge in [0.05, 0.1) is 6.20 Å². The third kappa shape index (κ3) is 2.41. The molecule has 0 aliphatic carbocycles. The zero-order chi connectivity index (χ0) is 10.7. The van der Waals surface area contributed by atoms with Crippen molar-refractivity contribution in [2.45, 2.75) is 17.0 Å². The first-order valence-electron chi connectivity index (χ1n) is 4.28. The van der Waals surface area contributed by atoms with Crippen molar-refractivity contribution in [2.24, 2.45) is 0 Å². The van der Waals surface area contributed by atoms with Gasteiger partial charge >= 0.3 is 0 Å². The smallest absolute Gasteiger partial charge is 0.221 e. The maximum atomic E-state index is 5.51. The first kappa shape index (κ1) is 9.85. The van der Waals surface area contributed by atoms with Crippen molar-refractivity contribution < 1.29 is 0 Å². The lowest BCUT2D eigenvalue weighted by Crippen LogP contribution is -1.97. The van der Waals surface area contributed by atoms with E-state index in [0.717, 1.165) is 15.6 Å². The van der Waals surface area contributed by atoms with Crippen molar-refractivity contribution in [1.29, 1.82) is 0 Å². The Morgan fingerprint density at radius 3 is 2.80 bits per heavy atom. The van der Waals surface area contributed by atoms with E-state index >= 15 is 0 Å². The zero-order valence-electron chi connectivity index (χ0n) is 8.08. The number of hydrogen-bond acceptors (Lipinski definition) is 6. The number of aryl methyl sites for hydroxylation is 1. The number of hydrogen-bond donors (Lipinski definition) is 1. The third-order valence-corrected chi connectivity index (χ3v) is 2.71. The summed E-state index contributed by atoms with van der Waals surface area (Å²) in [4.78, 5) is 16.1. The summed E-state index contributed by atoms with van der Waals surface area (Å²) in [5.74, 6) is 0.270. The Hall–Kier alpha value is -1.69.